The van der Waals surface area contributed by atoms with E-state index in [-0.39, 0.29) is 33.9 Å². The van der Waals surface area contributed by atoms with E-state index in [1.54, 1.807) is 4.90 Å². The molecule has 0 radical (unpaired) electrons. The van der Waals surface area contributed by atoms with Crippen LogP contribution in [0.25, 0.3) is 0 Å². The van der Waals surface area contributed by atoms with Crippen LogP contribution in [-0.4, -0.2) is 38.9 Å². The van der Waals surface area contributed by atoms with E-state index in [9.17, 15) is 17.6 Å². The van der Waals surface area contributed by atoms with E-state index < -0.39 is 15.8 Å². The van der Waals surface area contributed by atoms with E-state index in [1.165, 1.54) is 30.3 Å². The molecule has 0 heterocycles. The second kappa shape index (κ2) is 9.05. The molecule has 1 N–H and O–H groups in total. The summed E-state index contributed by atoms with van der Waals surface area (Å²) in [5.74, 6) is -0.453. The minimum Gasteiger partial charge on any atom is -0.482 e. The van der Waals surface area contributed by atoms with Crippen molar-refractivity contribution in [2.75, 3.05) is 24.4 Å². The Morgan fingerprint density at radius 2 is 1.78 bits per heavy atom. The fraction of sp³-hybridized carbons (Fsp3) is 0.278. The SMILES string of the molecule is CCN(CC)C(=O)COc1ccc(S(=O)(=O)Nc2ccc(F)cc2)cc1Cl. The number of rotatable bonds is 8. The highest BCUT2D eigenvalue weighted by atomic mass is 35.5. The molecule has 0 atom stereocenters. The van der Waals surface area contributed by atoms with Gasteiger partial charge >= 0.3 is 0 Å². The third kappa shape index (κ3) is 5.58. The summed E-state index contributed by atoms with van der Waals surface area (Å²) in [6.07, 6.45) is 0. The topological polar surface area (TPSA) is 75.7 Å². The Bertz CT molecular complexity index is 900. The van der Waals surface area contributed by atoms with Crippen LogP contribution in [0.5, 0.6) is 5.75 Å². The highest BCUT2D eigenvalue weighted by molar-refractivity contribution is 7.92. The lowest BCUT2D eigenvalue weighted by molar-refractivity contribution is -0.132. The zero-order valence-electron chi connectivity index (χ0n) is 14.9. The molecule has 1 amide bonds. The minimum absolute atomic E-state index is 0.0596. The van der Waals surface area contributed by atoms with Crippen molar-refractivity contribution in [1.29, 1.82) is 0 Å². The highest BCUT2D eigenvalue weighted by Crippen LogP contribution is 2.28. The zero-order valence-corrected chi connectivity index (χ0v) is 16.5. The summed E-state index contributed by atoms with van der Waals surface area (Å²) in [5.41, 5.74) is 0.220. The van der Waals surface area contributed by atoms with Gasteiger partial charge < -0.3 is 9.64 Å². The first-order chi connectivity index (χ1) is 12.8. The van der Waals surface area contributed by atoms with Gasteiger partial charge in [0.05, 0.1) is 9.92 Å². The fourth-order valence-electron chi connectivity index (χ4n) is 2.30. The Balaban J connectivity index is 2.10. The van der Waals surface area contributed by atoms with Gasteiger partial charge in [-0.2, -0.15) is 0 Å². The molecule has 0 saturated carbocycles. The Kier molecular flexibility index (Phi) is 7.04. The number of hydrogen-bond acceptors (Lipinski definition) is 4. The summed E-state index contributed by atoms with van der Waals surface area (Å²) in [7, 11) is -3.91. The summed E-state index contributed by atoms with van der Waals surface area (Å²) in [5, 5.41) is 0.0596. The van der Waals surface area contributed by atoms with Crippen LogP contribution in [-0.2, 0) is 14.8 Å². The number of halogens is 2. The number of carbonyl (C=O) groups excluding carboxylic acids is 1. The van der Waals surface area contributed by atoms with Crippen molar-refractivity contribution in [3.8, 4) is 5.75 Å². The molecule has 0 aliphatic carbocycles. The van der Waals surface area contributed by atoms with Gasteiger partial charge in [0, 0.05) is 18.8 Å². The number of amides is 1. The molecule has 6 nitrogen and oxygen atoms in total. The molecule has 27 heavy (non-hydrogen) atoms. The van der Waals surface area contributed by atoms with Crippen LogP contribution in [0.3, 0.4) is 0 Å². The molecule has 2 rings (SSSR count). The van der Waals surface area contributed by atoms with Gasteiger partial charge in [-0.1, -0.05) is 11.6 Å². The van der Waals surface area contributed by atoms with Crippen molar-refractivity contribution in [2.24, 2.45) is 0 Å². The number of nitrogens with zero attached hydrogens (tertiary/aromatic N) is 1. The van der Waals surface area contributed by atoms with Crippen LogP contribution in [0.4, 0.5) is 10.1 Å². The number of likely N-dealkylation sites (N-methyl/N-ethyl adjacent to an activating group) is 1. The van der Waals surface area contributed by atoms with Gasteiger partial charge in [0.2, 0.25) is 0 Å². The number of anilines is 1. The molecule has 9 heteroatoms. The number of ether oxygens (including phenoxy) is 1. The summed E-state index contributed by atoms with van der Waals surface area (Å²) < 4.78 is 45.5. The van der Waals surface area contributed by atoms with Crippen molar-refractivity contribution >= 4 is 33.2 Å². The Labute approximate surface area is 162 Å². The average Bonchev–Trinajstić information content (AvgIpc) is 2.63. The molecule has 146 valence electrons. The van der Waals surface area contributed by atoms with Gasteiger partial charge in [-0.05, 0) is 56.3 Å². The van der Waals surface area contributed by atoms with Crippen LogP contribution in [0.15, 0.2) is 47.4 Å². The van der Waals surface area contributed by atoms with E-state index in [1.807, 2.05) is 13.8 Å². The Hall–Kier alpha value is -2.32. The lowest BCUT2D eigenvalue weighted by Gasteiger charge is -2.19. The first kappa shape index (κ1) is 21.0. The maximum Gasteiger partial charge on any atom is 0.261 e. The number of sulfonamides is 1. The van der Waals surface area contributed by atoms with Gasteiger partial charge in [0.1, 0.15) is 11.6 Å². The Morgan fingerprint density at radius 1 is 1.15 bits per heavy atom. The molecule has 0 bridgehead atoms. The predicted molar refractivity (Wildman–Crippen MR) is 102 cm³/mol. The third-order valence-electron chi connectivity index (χ3n) is 3.78. The largest absolute Gasteiger partial charge is 0.482 e. The first-order valence-electron chi connectivity index (χ1n) is 8.25. The minimum atomic E-state index is -3.91. The van der Waals surface area contributed by atoms with E-state index in [0.717, 1.165) is 12.1 Å². The maximum atomic E-state index is 12.9. The van der Waals surface area contributed by atoms with Crippen molar-refractivity contribution in [2.45, 2.75) is 18.7 Å². The molecule has 2 aromatic rings. The van der Waals surface area contributed by atoms with Crippen molar-refractivity contribution in [3.63, 3.8) is 0 Å². The molecule has 0 aliphatic heterocycles. The van der Waals surface area contributed by atoms with E-state index >= 15 is 0 Å². The maximum absolute atomic E-state index is 12.9. The molecular formula is C18H20ClFN2O4S. The molecule has 0 fully saturated rings. The van der Waals surface area contributed by atoms with Crippen molar-refractivity contribution < 1.29 is 22.3 Å². The molecule has 0 aromatic heterocycles. The average molecular weight is 415 g/mol. The summed E-state index contributed by atoms with van der Waals surface area (Å²) in [6, 6.07) is 8.84. The smallest absolute Gasteiger partial charge is 0.261 e. The highest BCUT2D eigenvalue weighted by Gasteiger charge is 2.17. The van der Waals surface area contributed by atoms with Gasteiger partial charge in [-0.15, -0.1) is 0 Å². The number of benzene rings is 2. The van der Waals surface area contributed by atoms with Crippen LogP contribution in [0.2, 0.25) is 5.02 Å². The third-order valence-corrected chi connectivity index (χ3v) is 5.45. The zero-order chi connectivity index (χ0) is 20.0. The van der Waals surface area contributed by atoms with E-state index in [4.69, 9.17) is 16.3 Å². The quantitative estimate of drug-likeness (QED) is 0.717. The second-order valence-electron chi connectivity index (χ2n) is 5.56. The van der Waals surface area contributed by atoms with Gasteiger partial charge in [0.25, 0.3) is 15.9 Å². The standard InChI is InChI=1S/C18H20ClFN2O4S/c1-3-22(4-2)18(23)12-26-17-10-9-15(11-16(17)19)27(24,25)21-14-7-5-13(20)6-8-14/h5-11,21H,3-4,12H2,1-2H3. The Morgan fingerprint density at radius 3 is 2.33 bits per heavy atom. The molecule has 0 unspecified atom stereocenters. The van der Waals surface area contributed by atoms with Gasteiger partial charge in [-0.3, -0.25) is 9.52 Å². The first-order valence-corrected chi connectivity index (χ1v) is 10.1. The van der Waals surface area contributed by atoms with Gasteiger partial charge in [0.15, 0.2) is 6.61 Å². The molecule has 2 aromatic carbocycles. The molecule has 0 aliphatic rings. The summed E-state index contributed by atoms with van der Waals surface area (Å²) in [6.45, 7) is 4.67. The predicted octanol–water partition coefficient (Wildman–Crippen LogP) is 3.53. The van der Waals surface area contributed by atoms with Crippen LogP contribution in [0, 0.1) is 5.82 Å². The lowest BCUT2D eigenvalue weighted by Crippen LogP contribution is -2.34. The van der Waals surface area contributed by atoms with Crippen molar-refractivity contribution in [3.05, 3.63) is 53.3 Å². The van der Waals surface area contributed by atoms with E-state index in [0.29, 0.717) is 13.1 Å². The number of nitrogens with one attached hydrogen (secondary N) is 1. The van der Waals surface area contributed by atoms with Crippen molar-refractivity contribution in [1.82, 2.24) is 4.90 Å². The summed E-state index contributed by atoms with van der Waals surface area (Å²) in [4.78, 5) is 13.5. The number of carbonyl (C=O) groups is 1. The van der Waals surface area contributed by atoms with Gasteiger partial charge in [-0.25, -0.2) is 12.8 Å². The van der Waals surface area contributed by atoms with Crippen LogP contribution in [0.1, 0.15) is 13.8 Å². The monoisotopic (exact) mass is 414 g/mol. The van der Waals surface area contributed by atoms with Crippen LogP contribution < -0.4 is 9.46 Å². The molecular weight excluding hydrogens is 395 g/mol. The number of hydrogen-bond donors (Lipinski definition) is 1. The second-order valence-corrected chi connectivity index (χ2v) is 7.65. The molecule has 0 spiro atoms. The lowest BCUT2D eigenvalue weighted by atomic mass is 10.3. The normalized spacial score (nSPS) is 11.1. The van der Waals surface area contributed by atoms with Crippen LogP contribution >= 0.6 is 11.6 Å². The fourth-order valence-corrected chi connectivity index (χ4v) is 3.69. The summed E-state index contributed by atoms with van der Waals surface area (Å²) >= 11 is 6.10. The van der Waals surface area contributed by atoms with E-state index in [2.05, 4.69) is 4.72 Å². The molecule has 0 saturated heterocycles.